The summed E-state index contributed by atoms with van der Waals surface area (Å²) < 4.78 is 12.0. The molecule has 4 aliphatic rings. The van der Waals surface area contributed by atoms with E-state index in [1.54, 1.807) is 41.8 Å². The quantitative estimate of drug-likeness (QED) is 0.0799. The molecule has 8 atom stereocenters. The van der Waals surface area contributed by atoms with E-state index in [1.165, 1.54) is 9.80 Å². The molecular weight excluding hydrogens is 937 g/mol. The van der Waals surface area contributed by atoms with Gasteiger partial charge in [0, 0.05) is 13.1 Å². The van der Waals surface area contributed by atoms with Crippen LogP contribution in [0.3, 0.4) is 0 Å². The van der Waals surface area contributed by atoms with Crippen LogP contribution in [0.15, 0.2) is 97.1 Å². The fourth-order valence-electron chi connectivity index (χ4n) is 10.3. The smallest absolute Gasteiger partial charge is 0.248 e. The molecule has 8 rings (SSSR count). The van der Waals surface area contributed by atoms with E-state index in [0.29, 0.717) is 38.8 Å². The molecule has 2 aliphatic carbocycles. The summed E-state index contributed by atoms with van der Waals surface area (Å²) in [5, 5.41) is 18.0. The lowest BCUT2D eigenvalue weighted by Gasteiger charge is -2.32. The van der Waals surface area contributed by atoms with Gasteiger partial charge in [-0.1, -0.05) is 109 Å². The predicted molar refractivity (Wildman–Crippen MR) is 280 cm³/mol. The molecule has 6 N–H and O–H groups in total. The number of nitrogens with one attached hydrogen (secondary N) is 6. The van der Waals surface area contributed by atoms with Gasteiger partial charge in [0.05, 0.1) is 36.4 Å². The second kappa shape index (κ2) is 24.1. The number of rotatable bonds is 18. The third-order valence-corrected chi connectivity index (χ3v) is 14.7. The van der Waals surface area contributed by atoms with Gasteiger partial charge in [0.15, 0.2) is 0 Å². The lowest BCUT2D eigenvalue weighted by atomic mass is 10.0. The van der Waals surface area contributed by atoms with Crippen molar-refractivity contribution in [1.29, 1.82) is 0 Å². The highest BCUT2D eigenvalue weighted by atomic mass is 16.5. The van der Waals surface area contributed by atoms with Gasteiger partial charge >= 0.3 is 0 Å². The average molecular weight is 1000 g/mol. The van der Waals surface area contributed by atoms with Crippen LogP contribution in [-0.4, -0.2) is 134 Å². The van der Waals surface area contributed by atoms with Crippen LogP contribution >= 0.6 is 0 Å². The van der Waals surface area contributed by atoms with Crippen LogP contribution in [0.2, 0.25) is 0 Å². The molecule has 0 saturated carbocycles. The van der Waals surface area contributed by atoms with Crippen molar-refractivity contribution >= 4 is 35.4 Å². The zero-order valence-electron chi connectivity index (χ0n) is 42.8. The Morgan fingerprint density at radius 2 is 0.851 bits per heavy atom. The Morgan fingerprint density at radius 3 is 1.18 bits per heavy atom. The minimum Gasteiger partial charge on any atom is -0.363 e. The molecule has 0 spiro atoms. The summed E-state index contributed by atoms with van der Waals surface area (Å²) in [5.74, 6) is 8.90. The molecule has 0 bridgehead atoms. The normalized spacial score (nSPS) is 18.8. The maximum atomic E-state index is 14.4. The van der Waals surface area contributed by atoms with Crippen LogP contribution in [0.4, 0.5) is 0 Å². The zero-order valence-corrected chi connectivity index (χ0v) is 42.8. The molecule has 2 heterocycles. The van der Waals surface area contributed by atoms with Crippen molar-refractivity contribution in [2.24, 2.45) is 0 Å². The summed E-state index contributed by atoms with van der Waals surface area (Å²) >= 11 is 0. The van der Waals surface area contributed by atoms with E-state index in [9.17, 15) is 28.8 Å². The first-order chi connectivity index (χ1) is 35.8. The van der Waals surface area contributed by atoms with Gasteiger partial charge in [0.1, 0.15) is 37.4 Å². The molecule has 16 heteroatoms. The summed E-state index contributed by atoms with van der Waals surface area (Å²) in [5.41, 5.74) is 8.22. The van der Waals surface area contributed by atoms with E-state index in [0.717, 1.165) is 44.5 Å². The Kier molecular flexibility index (Phi) is 17.3. The molecule has 4 aromatic carbocycles. The minimum atomic E-state index is -1.12. The van der Waals surface area contributed by atoms with Gasteiger partial charge < -0.3 is 51.2 Å². The van der Waals surface area contributed by atoms with Crippen molar-refractivity contribution in [2.75, 3.05) is 40.4 Å². The number of likely N-dealkylation sites (tertiary alicyclic amines) is 2. The first-order valence-electron chi connectivity index (χ1n) is 25.5. The van der Waals surface area contributed by atoms with Crippen molar-refractivity contribution in [3.63, 3.8) is 0 Å². The highest BCUT2D eigenvalue weighted by Gasteiger charge is 2.43. The number of carbonyl (C=O) groups excluding carboxylic acids is 6. The van der Waals surface area contributed by atoms with Crippen LogP contribution in [0, 0.1) is 23.7 Å². The van der Waals surface area contributed by atoms with Crippen molar-refractivity contribution in [3.8, 4) is 45.9 Å². The SMILES string of the molecule is CNC(C)C(=O)NC(C(=O)N1CCCC1C(=O)NC1c2ccccc2-c2ccccc21)C(C)OCC#CC#CCOC(C)C(NC(=O)C(C)NC)C(=O)N1CCCC1C(=O)NC1c2ccccc2-c2ccccc21. The Hall–Kier alpha value is -7.34. The molecule has 2 fully saturated rings. The fraction of sp³-hybridized carbons (Fsp3) is 0.414. The van der Waals surface area contributed by atoms with Crippen LogP contribution in [0.1, 0.15) is 87.7 Å². The molecule has 386 valence electrons. The predicted octanol–water partition coefficient (Wildman–Crippen LogP) is 3.74. The first kappa shape index (κ1) is 53.0. The van der Waals surface area contributed by atoms with Crippen LogP contribution in [0.25, 0.3) is 22.3 Å². The monoisotopic (exact) mass is 1000 g/mol. The lowest BCUT2D eigenvalue weighted by Crippen LogP contribution is -2.59. The number of ether oxygens (including phenoxy) is 2. The largest absolute Gasteiger partial charge is 0.363 e. The van der Waals surface area contributed by atoms with Gasteiger partial charge in [-0.05, 0) is 124 Å². The molecule has 16 nitrogen and oxygen atoms in total. The number of likely N-dealkylation sites (N-methyl/N-ethyl adjacent to an activating group) is 2. The van der Waals surface area contributed by atoms with Gasteiger partial charge in [-0.15, -0.1) is 0 Å². The van der Waals surface area contributed by atoms with E-state index in [1.807, 2.05) is 97.1 Å². The number of nitrogens with zero attached hydrogens (tertiary/aromatic N) is 2. The van der Waals surface area contributed by atoms with Gasteiger partial charge in [0.25, 0.3) is 0 Å². The number of benzene rings is 4. The second-order valence-electron chi connectivity index (χ2n) is 19.2. The van der Waals surface area contributed by atoms with Crippen molar-refractivity contribution < 1.29 is 38.2 Å². The van der Waals surface area contributed by atoms with Crippen molar-refractivity contribution in [1.82, 2.24) is 41.7 Å². The number of hydrogen-bond acceptors (Lipinski definition) is 10. The van der Waals surface area contributed by atoms with Crippen molar-refractivity contribution in [3.05, 3.63) is 119 Å². The molecule has 6 amide bonds. The molecular formula is C58H66N8O8. The van der Waals surface area contributed by atoms with Gasteiger partial charge in [-0.3, -0.25) is 28.8 Å². The Bertz CT molecular complexity index is 2600. The van der Waals surface area contributed by atoms with Crippen LogP contribution in [-0.2, 0) is 38.2 Å². The van der Waals surface area contributed by atoms with E-state index in [4.69, 9.17) is 9.47 Å². The maximum absolute atomic E-state index is 14.4. The molecule has 8 unspecified atom stereocenters. The summed E-state index contributed by atoms with van der Waals surface area (Å²) in [7, 11) is 3.29. The van der Waals surface area contributed by atoms with E-state index in [-0.39, 0.29) is 37.1 Å². The molecule has 74 heavy (non-hydrogen) atoms. The zero-order chi connectivity index (χ0) is 52.5. The third kappa shape index (κ3) is 11.4. The number of carbonyl (C=O) groups is 6. The molecule has 0 radical (unpaired) electrons. The number of amides is 6. The topological polar surface area (TPSA) is 200 Å². The highest BCUT2D eigenvalue weighted by Crippen LogP contribution is 2.44. The Labute approximate surface area is 433 Å². The minimum absolute atomic E-state index is 0.130. The third-order valence-electron chi connectivity index (χ3n) is 14.7. The first-order valence-corrected chi connectivity index (χ1v) is 25.5. The second-order valence-corrected chi connectivity index (χ2v) is 19.2. The van der Waals surface area contributed by atoms with Gasteiger partial charge in [-0.25, -0.2) is 0 Å². The summed E-state index contributed by atoms with van der Waals surface area (Å²) in [6.45, 7) is 7.12. The summed E-state index contributed by atoms with van der Waals surface area (Å²) in [6.07, 6.45) is 0.480. The van der Waals surface area contributed by atoms with E-state index >= 15 is 0 Å². The molecule has 2 aliphatic heterocycles. The highest BCUT2D eigenvalue weighted by molar-refractivity contribution is 5.96. The fourth-order valence-corrected chi connectivity index (χ4v) is 10.3. The maximum Gasteiger partial charge on any atom is 0.248 e. The number of fused-ring (bicyclic) bond motifs is 6. The summed E-state index contributed by atoms with van der Waals surface area (Å²) in [4.78, 5) is 86.5. The Morgan fingerprint density at radius 1 is 0.527 bits per heavy atom. The van der Waals surface area contributed by atoms with Crippen LogP contribution < -0.4 is 31.9 Å². The van der Waals surface area contributed by atoms with Crippen LogP contribution in [0.5, 0.6) is 0 Å². The van der Waals surface area contributed by atoms with Gasteiger partial charge in [0.2, 0.25) is 35.4 Å². The molecule has 0 aromatic heterocycles. The standard InChI is InChI=1S/C58H66N8O8/c1-35(59-5)53(67)61-49(57(71)65-31-19-29-47(65)55(69)63-51-43-25-13-9-21-39(43)40-22-10-14-26-44(40)51)37(3)73-33-17-7-8-18-34-74-38(4)50(62-54(68)36(2)60-6)58(72)66-32-20-30-48(66)56(70)64-52-45-27-15-11-23-41(45)42-24-12-16-28-46(42)52/h9-16,21-28,35-38,47-52,59-60H,19-20,29-34H2,1-6H3,(H,61,67)(H,62,68)(H,63,69)(H,64,70). The number of hydrogen-bond donors (Lipinski definition) is 6. The summed E-state index contributed by atoms with van der Waals surface area (Å²) in [6, 6.07) is 26.2. The van der Waals surface area contributed by atoms with E-state index < -0.39 is 72.1 Å². The molecule has 4 aromatic rings. The lowest BCUT2D eigenvalue weighted by molar-refractivity contribution is -0.145. The van der Waals surface area contributed by atoms with E-state index in [2.05, 4.69) is 55.6 Å². The Balaban J connectivity index is 0.874. The van der Waals surface area contributed by atoms with Crippen molar-refractivity contribution in [2.45, 2.75) is 114 Å². The molecule has 2 saturated heterocycles. The average Bonchev–Trinajstić information content (AvgIpc) is 4.25. The van der Waals surface area contributed by atoms with Gasteiger partial charge in [-0.2, -0.15) is 0 Å².